The summed E-state index contributed by atoms with van der Waals surface area (Å²) >= 11 is 3.60. The van der Waals surface area contributed by atoms with Gasteiger partial charge in [0.1, 0.15) is 0 Å². The summed E-state index contributed by atoms with van der Waals surface area (Å²) in [5, 5.41) is 0. The molecule has 100 valence electrons. The summed E-state index contributed by atoms with van der Waals surface area (Å²) in [6.07, 6.45) is 3.55. The Hall–Kier alpha value is -0.580. The van der Waals surface area contributed by atoms with Crippen molar-refractivity contribution in [1.29, 1.82) is 0 Å². The molecule has 1 aromatic rings. The third-order valence-corrected chi connectivity index (χ3v) is 4.63. The fourth-order valence-corrected chi connectivity index (χ4v) is 2.86. The van der Waals surface area contributed by atoms with Crippen LogP contribution in [0.2, 0.25) is 0 Å². The maximum atomic E-state index is 5.08. The molecule has 1 aliphatic rings. The van der Waals surface area contributed by atoms with Crippen LogP contribution in [0.3, 0.4) is 0 Å². The number of rotatable bonds is 4. The molecule has 1 aliphatic heterocycles. The molecular weight excluding hydrogens is 292 g/mol. The summed E-state index contributed by atoms with van der Waals surface area (Å²) in [5.41, 5.74) is 2.61. The lowest BCUT2D eigenvalue weighted by atomic mass is 9.93. The molecule has 0 radical (unpaired) electrons. The predicted molar refractivity (Wildman–Crippen MR) is 78.6 cm³/mol. The molecule has 0 bridgehead atoms. The lowest BCUT2D eigenvalue weighted by Crippen LogP contribution is -2.34. The number of nitrogens with zero attached hydrogens (tertiary/aromatic N) is 1. The molecule has 2 rings (SSSR count). The Morgan fingerprint density at radius 2 is 2.11 bits per heavy atom. The number of anilines is 1. The first-order valence-corrected chi connectivity index (χ1v) is 7.33. The minimum atomic E-state index is 0.681. The van der Waals surface area contributed by atoms with Gasteiger partial charge in [-0.3, -0.25) is 0 Å². The first-order valence-electron chi connectivity index (χ1n) is 6.53. The molecular formula is C14H21BrN2O. The number of nitrogens with two attached hydrogens (primary N) is 1. The van der Waals surface area contributed by atoms with Crippen LogP contribution in [-0.4, -0.2) is 19.7 Å². The van der Waals surface area contributed by atoms with E-state index in [4.69, 9.17) is 5.90 Å². The fraction of sp³-hybridized carbons (Fsp3) is 0.571. The molecule has 0 aromatic heterocycles. The highest BCUT2D eigenvalue weighted by Crippen LogP contribution is 2.28. The van der Waals surface area contributed by atoms with Gasteiger partial charge in [-0.05, 0) is 49.8 Å². The molecule has 3 nitrogen and oxygen atoms in total. The molecule has 1 saturated heterocycles. The van der Waals surface area contributed by atoms with Crippen LogP contribution < -0.4 is 10.8 Å². The number of aryl methyl sites for hydroxylation is 1. The molecule has 0 atom stereocenters. The van der Waals surface area contributed by atoms with Crippen molar-refractivity contribution in [1.82, 2.24) is 0 Å². The minimum absolute atomic E-state index is 0.681. The second-order valence-corrected chi connectivity index (χ2v) is 5.88. The molecule has 18 heavy (non-hydrogen) atoms. The highest BCUT2D eigenvalue weighted by Gasteiger charge is 2.19. The van der Waals surface area contributed by atoms with Gasteiger partial charge in [0.2, 0.25) is 0 Å². The molecule has 0 saturated carbocycles. The van der Waals surface area contributed by atoms with Crippen molar-refractivity contribution in [2.75, 3.05) is 24.6 Å². The topological polar surface area (TPSA) is 38.5 Å². The van der Waals surface area contributed by atoms with Crippen molar-refractivity contribution >= 4 is 21.6 Å². The Labute approximate surface area is 117 Å². The van der Waals surface area contributed by atoms with Crippen LogP contribution in [0.5, 0.6) is 0 Å². The van der Waals surface area contributed by atoms with E-state index in [-0.39, 0.29) is 0 Å². The van der Waals surface area contributed by atoms with E-state index >= 15 is 0 Å². The summed E-state index contributed by atoms with van der Waals surface area (Å²) in [4.78, 5) is 7.13. The number of hydrogen-bond acceptors (Lipinski definition) is 3. The summed E-state index contributed by atoms with van der Waals surface area (Å²) in [6.45, 7) is 5.06. The van der Waals surface area contributed by atoms with Gasteiger partial charge in [0.15, 0.2) is 0 Å². The van der Waals surface area contributed by atoms with E-state index in [2.05, 4.69) is 50.8 Å². The Morgan fingerprint density at radius 1 is 1.39 bits per heavy atom. The summed E-state index contributed by atoms with van der Waals surface area (Å²) < 4.78 is 1.19. The number of hydrogen-bond donors (Lipinski definition) is 1. The van der Waals surface area contributed by atoms with Crippen LogP contribution in [0.1, 0.15) is 24.8 Å². The smallest absolute Gasteiger partial charge is 0.0681 e. The normalized spacial score (nSPS) is 17.2. The number of piperidine rings is 1. The largest absolute Gasteiger partial charge is 0.371 e. The number of halogens is 1. The maximum Gasteiger partial charge on any atom is 0.0681 e. The van der Waals surface area contributed by atoms with Gasteiger partial charge in [0, 0.05) is 23.2 Å². The van der Waals surface area contributed by atoms with Crippen LogP contribution in [0.25, 0.3) is 0 Å². The van der Waals surface area contributed by atoms with Crippen molar-refractivity contribution in [2.24, 2.45) is 11.8 Å². The first kappa shape index (κ1) is 13.8. The van der Waals surface area contributed by atoms with Crippen molar-refractivity contribution < 1.29 is 4.84 Å². The molecule has 0 amide bonds. The second kappa shape index (κ2) is 6.55. The highest BCUT2D eigenvalue weighted by atomic mass is 79.9. The quantitative estimate of drug-likeness (QED) is 0.867. The van der Waals surface area contributed by atoms with E-state index in [0.717, 1.165) is 25.4 Å². The lowest BCUT2D eigenvalue weighted by molar-refractivity contribution is 0.118. The molecule has 2 N–H and O–H groups in total. The molecule has 1 fully saturated rings. The van der Waals surface area contributed by atoms with Gasteiger partial charge in [-0.25, -0.2) is 5.90 Å². The summed E-state index contributed by atoms with van der Waals surface area (Å²) in [6, 6.07) is 6.61. The highest BCUT2D eigenvalue weighted by molar-refractivity contribution is 9.10. The average Bonchev–Trinajstić information content (AvgIpc) is 2.40. The zero-order chi connectivity index (χ0) is 13.0. The Kier molecular flexibility index (Phi) is 5.03. The van der Waals surface area contributed by atoms with Crippen molar-refractivity contribution in [3.05, 3.63) is 28.2 Å². The van der Waals surface area contributed by atoms with E-state index in [1.54, 1.807) is 0 Å². The third kappa shape index (κ3) is 3.46. The van der Waals surface area contributed by atoms with Crippen molar-refractivity contribution in [3.63, 3.8) is 0 Å². The van der Waals surface area contributed by atoms with Gasteiger partial charge in [-0.2, -0.15) is 0 Å². The van der Waals surface area contributed by atoms with Gasteiger partial charge in [0.05, 0.1) is 6.61 Å². The molecule has 0 aliphatic carbocycles. The Bertz CT molecular complexity index is 389. The van der Waals surface area contributed by atoms with Gasteiger partial charge in [-0.1, -0.05) is 22.0 Å². The Morgan fingerprint density at radius 3 is 2.72 bits per heavy atom. The zero-order valence-electron chi connectivity index (χ0n) is 10.9. The van der Waals surface area contributed by atoms with E-state index in [1.807, 2.05) is 0 Å². The van der Waals surface area contributed by atoms with Gasteiger partial charge < -0.3 is 9.74 Å². The van der Waals surface area contributed by atoms with Crippen LogP contribution >= 0.6 is 15.9 Å². The SMILES string of the molecule is Cc1ccc(N2CCC(CCON)CC2)cc1Br. The Balaban J connectivity index is 1.90. The summed E-state index contributed by atoms with van der Waals surface area (Å²) in [5.74, 6) is 5.84. The second-order valence-electron chi connectivity index (χ2n) is 5.02. The molecule has 1 heterocycles. The first-order chi connectivity index (χ1) is 8.70. The van der Waals surface area contributed by atoms with Crippen LogP contribution in [0.4, 0.5) is 5.69 Å². The van der Waals surface area contributed by atoms with Crippen molar-refractivity contribution in [3.8, 4) is 0 Å². The predicted octanol–water partition coefficient (Wildman–Crippen LogP) is 3.25. The standard InChI is InChI=1S/C14H21BrN2O/c1-11-2-3-13(10-14(11)15)17-7-4-12(5-8-17)6-9-18-16/h2-3,10,12H,4-9,16H2,1H3. The van der Waals surface area contributed by atoms with Crippen molar-refractivity contribution in [2.45, 2.75) is 26.2 Å². The van der Waals surface area contributed by atoms with E-state index in [1.165, 1.54) is 28.6 Å². The maximum absolute atomic E-state index is 5.08. The molecule has 1 aromatic carbocycles. The summed E-state index contributed by atoms with van der Waals surface area (Å²) in [7, 11) is 0. The van der Waals surface area contributed by atoms with E-state index in [9.17, 15) is 0 Å². The van der Waals surface area contributed by atoms with E-state index in [0.29, 0.717) is 6.61 Å². The van der Waals surface area contributed by atoms with Crippen LogP contribution in [-0.2, 0) is 4.84 Å². The van der Waals surface area contributed by atoms with Crippen LogP contribution in [0, 0.1) is 12.8 Å². The molecule has 0 spiro atoms. The van der Waals surface area contributed by atoms with Gasteiger partial charge in [0.25, 0.3) is 0 Å². The fourth-order valence-electron chi connectivity index (χ4n) is 2.49. The number of benzene rings is 1. The van der Waals surface area contributed by atoms with Gasteiger partial charge in [-0.15, -0.1) is 0 Å². The van der Waals surface area contributed by atoms with Gasteiger partial charge >= 0.3 is 0 Å². The van der Waals surface area contributed by atoms with E-state index < -0.39 is 0 Å². The van der Waals surface area contributed by atoms with Crippen LogP contribution in [0.15, 0.2) is 22.7 Å². The third-order valence-electron chi connectivity index (χ3n) is 3.78. The average molecular weight is 313 g/mol. The monoisotopic (exact) mass is 312 g/mol. The lowest BCUT2D eigenvalue weighted by Gasteiger charge is -2.33. The molecule has 0 unspecified atom stereocenters. The minimum Gasteiger partial charge on any atom is -0.371 e. The zero-order valence-corrected chi connectivity index (χ0v) is 12.4. The molecule has 4 heteroatoms.